The van der Waals surface area contributed by atoms with Gasteiger partial charge in [0.1, 0.15) is 0 Å². The van der Waals surface area contributed by atoms with Crippen LogP contribution in [-0.4, -0.2) is 9.13 Å². The number of hydrogen-bond acceptors (Lipinski definition) is 3. The molecule has 3 aromatic heterocycles. The molecule has 4 rings (SSSR count). The van der Waals surface area contributed by atoms with Gasteiger partial charge in [0.25, 0.3) is 0 Å². The summed E-state index contributed by atoms with van der Waals surface area (Å²) in [5.74, 6) is 0. The second-order valence-electron chi connectivity index (χ2n) is 5.30. The maximum Gasteiger partial charge on any atom is 0.328 e. The van der Waals surface area contributed by atoms with E-state index in [0.717, 1.165) is 11.0 Å². The van der Waals surface area contributed by atoms with Crippen LogP contribution in [0.1, 0.15) is 9.75 Å². The van der Waals surface area contributed by atoms with Gasteiger partial charge in [0, 0.05) is 34.6 Å². The largest absolute Gasteiger partial charge is 0.328 e. The molecule has 0 atom stereocenters. The van der Waals surface area contributed by atoms with Gasteiger partial charge in [-0.15, -0.1) is 22.7 Å². The van der Waals surface area contributed by atoms with Crippen molar-refractivity contribution in [2.24, 2.45) is 14.1 Å². The standard InChI is InChI=1S/C15H14N2OS2/c1-7-5-9-11-12(17(4)15(18)16(11)3)10-6-8(2)20-14(10)13(9)19-7/h5-6H,1-4H3. The second kappa shape index (κ2) is 3.74. The van der Waals surface area contributed by atoms with Crippen molar-refractivity contribution in [2.45, 2.75) is 13.8 Å². The van der Waals surface area contributed by atoms with Crippen LogP contribution in [0.2, 0.25) is 0 Å². The van der Waals surface area contributed by atoms with Crippen molar-refractivity contribution in [3.05, 3.63) is 32.4 Å². The summed E-state index contributed by atoms with van der Waals surface area (Å²) in [6.45, 7) is 4.26. The Bertz CT molecular complexity index is 976. The van der Waals surface area contributed by atoms with E-state index in [-0.39, 0.29) is 5.69 Å². The Kier molecular flexibility index (Phi) is 2.28. The lowest BCUT2D eigenvalue weighted by Crippen LogP contribution is -2.19. The highest BCUT2D eigenvalue weighted by atomic mass is 32.1. The van der Waals surface area contributed by atoms with E-state index in [2.05, 4.69) is 26.0 Å². The Labute approximate surface area is 123 Å². The molecule has 0 bridgehead atoms. The molecule has 0 aliphatic rings. The number of nitrogens with zero attached hydrogens (tertiary/aromatic N) is 2. The smallest absolute Gasteiger partial charge is 0.294 e. The van der Waals surface area contributed by atoms with E-state index < -0.39 is 0 Å². The highest BCUT2D eigenvalue weighted by molar-refractivity contribution is 7.27. The van der Waals surface area contributed by atoms with Gasteiger partial charge in [0.05, 0.1) is 20.4 Å². The van der Waals surface area contributed by atoms with E-state index in [1.54, 1.807) is 9.13 Å². The summed E-state index contributed by atoms with van der Waals surface area (Å²) in [6, 6.07) is 4.41. The molecule has 0 aliphatic carbocycles. The molecule has 0 N–H and O–H groups in total. The number of benzene rings is 1. The molecule has 1 aromatic carbocycles. The zero-order valence-electron chi connectivity index (χ0n) is 11.8. The van der Waals surface area contributed by atoms with Crippen molar-refractivity contribution < 1.29 is 0 Å². The van der Waals surface area contributed by atoms with E-state index in [1.807, 2.05) is 36.8 Å². The van der Waals surface area contributed by atoms with Gasteiger partial charge in [-0.3, -0.25) is 9.13 Å². The summed E-state index contributed by atoms with van der Waals surface area (Å²) in [6.07, 6.45) is 0. The fraction of sp³-hybridized carbons (Fsp3) is 0.267. The van der Waals surface area contributed by atoms with Crippen LogP contribution >= 0.6 is 22.7 Å². The first-order valence-electron chi connectivity index (χ1n) is 6.46. The lowest BCUT2D eigenvalue weighted by molar-refractivity contribution is 0.796. The second-order valence-corrected chi connectivity index (χ2v) is 7.81. The fourth-order valence-corrected chi connectivity index (χ4v) is 5.25. The predicted molar refractivity (Wildman–Crippen MR) is 88.4 cm³/mol. The van der Waals surface area contributed by atoms with E-state index in [4.69, 9.17) is 0 Å². The highest BCUT2D eigenvalue weighted by Gasteiger charge is 2.19. The van der Waals surface area contributed by atoms with Crippen molar-refractivity contribution >= 4 is 53.9 Å². The maximum atomic E-state index is 12.3. The molecule has 0 saturated carbocycles. The van der Waals surface area contributed by atoms with Crippen LogP contribution in [-0.2, 0) is 14.1 Å². The third kappa shape index (κ3) is 1.32. The van der Waals surface area contributed by atoms with Gasteiger partial charge >= 0.3 is 5.69 Å². The molecule has 0 amide bonds. The number of hydrogen-bond donors (Lipinski definition) is 0. The number of fused-ring (bicyclic) bond motifs is 6. The molecule has 3 nitrogen and oxygen atoms in total. The molecule has 5 heteroatoms. The summed E-state index contributed by atoms with van der Waals surface area (Å²) < 4.78 is 6.17. The Morgan fingerprint density at radius 2 is 1.25 bits per heavy atom. The Hall–Kier alpha value is -1.59. The quantitative estimate of drug-likeness (QED) is 0.483. The summed E-state index contributed by atoms with van der Waals surface area (Å²) >= 11 is 3.64. The molecule has 4 aromatic rings. The Balaban J connectivity index is 2.51. The topological polar surface area (TPSA) is 26.9 Å². The molecule has 0 radical (unpaired) electrons. The van der Waals surface area contributed by atoms with Crippen molar-refractivity contribution in [3.8, 4) is 0 Å². The number of imidazole rings is 1. The van der Waals surface area contributed by atoms with E-state index in [1.165, 1.54) is 29.9 Å². The van der Waals surface area contributed by atoms with Crippen LogP contribution in [0, 0.1) is 13.8 Å². The first kappa shape index (κ1) is 12.2. The average molecular weight is 302 g/mol. The summed E-state index contributed by atoms with van der Waals surface area (Å²) in [5, 5.41) is 2.41. The van der Waals surface area contributed by atoms with Crippen molar-refractivity contribution in [1.82, 2.24) is 9.13 Å². The van der Waals surface area contributed by atoms with E-state index >= 15 is 0 Å². The molecule has 0 spiro atoms. The molecule has 20 heavy (non-hydrogen) atoms. The van der Waals surface area contributed by atoms with Crippen LogP contribution in [0.25, 0.3) is 31.2 Å². The zero-order valence-corrected chi connectivity index (χ0v) is 13.4. The molecule has 0 unspecified atom stereocenters. The van der Waals surface area contributed by atoms with Crippen LogP contribution in [0.3, 0.4) is 0 Å². The van der Waals surface area contributed by atoms with Gasteiger partial charge in [-0.1, -0.05) is 0 Å². The average Bonchev–Trinajstić information content (AvgIpc) is 3.01. The highest BCUT2D eigenvalue weighted by Crippen LogP contribution is 2.42. The van der Waals surface area contributed by atoms with Crippen LogP contribution in [0.5, 0.6) is 0 Å². The Morgan fingerprint density at radius 1 is 0.850 bits per heavy atom. The van der Waals surface area contributed by atoms with Crippen LogP contribution in [0.4, 0.5) is 0 Å². The van der Waals surface area contributed by atoms with Gasteiger partial charge in [-0.05, 0) is 26.0 Å². The fourth-order valence-electron chi connectivity index (χ4n) is 3.07. The van der Waals surface area contributed by atoms with E-state index in [9.17, 15) is 4.79 Å². The summed E-state index contributed by atoms with van der Waals surface area (Å²) in [7, 11) is 3.73. The molecular formula is C15H14N2OS2. The van der Waals surface area contributed by atoms with Gasteiger partial charge in [-0.25, -0.2) is 4.79 Å². The summed E-state index contributed by atoms with van der Waals surface area (Å²) in [4.78, 5) is 14.9. The monoisotopic (exact) mass is 302 g/mol. The zero-order chi connectivity index (χ0) is 14.2. The first-order valence-corrected chi connectivity index (χ1v) is 8.10. The lowest BCUT2D eigenvalue weighted by atomic mass is 10.1. The molecule has 102 valence electrons. The van der Waals surface area contributed by atoms with Crippen LogP contribution < -0.4 is 5.69 Å². The van der Waals surface area contributed by atoms with Gasteiger partial charge in [0.2, 0.25) is 0 Å². The third-order valence-electron chi connectivity index (χ3n) is 3.90. The number of rotatable bonds is 0. The molecule has 0 fully saturated rings. The minimum atomic E-state index is 0.0431. The first-order chi connectivity index (χ1) is 9.49. The normalized spacial score (nSPS) is 12.2. The number of aryl methyl sites for hydroxylation is 4. The van der Waals surface area contributed by atoms with Gasteiger partial charge in [0.15, 0.2) is 0 Å². The lowest BCUT2D eigenvalue weighted by Gasteiger charge is -2.00. The van der Waals surface area contributed by atoms with Crippen molar-refractivity contribution in [1.29, 1.82) is 0 Å². The van der Waals surface area contributed by atoms with Gasteiger partial charge < -0.3 is 0 Å². The number of thiophene rings is 2. The van der Waals surface area contributed by atoms with Crippen LogP contribution in [0.15, 0.2) is 16.9 Å². The third-order valence-corrected chi connectivity index (χ3v) is 6.16. The Morgan fingerprint density at radius 3 is 1.65 bits per heavy atom. The molecule has 3 heterocycles. The minimum Gasteiger partial charge on any atom is -0.294 e. The van der Waals surface area contributed by atoms with Crippen molar-refractivity contribution in [3.63, 3.8) is 0 Å². The van der Waals surface area contributed by atoms with E-state index in [0.29, 0.717) is 0 Å². The maximum absolute atomic E-state index is 12.3. The van der Waals surface area contributed by atoms with Gasteiger partial charge in [-0.2, -0.15) is 0 Å². The molecule has 0 saturated heterocycles. The molecule has 0 aliphatic heterocycles. The minimum absolute atomic E-state index is 0.0431. The number of aromatic nitrogens is 2. The molecular weight excluding hydrogens is 288 g/mol. The summed E-state index contributed by atoms with van der Waals surface area (Å²) in [5.41, 5.74) is 2.16. The SMILES string of the molecule is Cc1cc2c(s1)c1sc(C)cc1c1c2n(C)c(=O)n1C. The predicted octanol–water partition coefficient (Wildman–Crippen LogP) is 3.92. The van der Waals surface area contributed by atoms with Crippen molar-refractivity contribution in [2.75, 3.05) is 0 Å².